The molecule has 0 aliphatic heterocycles. The lowest BCUT2D eigenvalue weighted by Gasteiger charge is -2.22. The number of fused-ring (bicyclic) bond motifs is 6. The van der Waals surface area contributed by atoms with Gasteiger partial charge in [-0.25, -0.2) is 0 Å². The van der Waals surface area contributed by atoms with Crippen molar-refractivity contribution in [1.29, 1.82) is 0 Å². The van der Waals surface area contributed by atoms with Crippen LogP contribution in [0.2, 0.25) is 0 Å². The van der Waals surface area contributed by atoms with E-state index in [0.717, 1.165) is 16.9 Å². The standard InChI is InChI=1S/C47H47N3/c1-45(2,3)31-18-20-41-38(26-31)39-28-33(47(7,8)9)27-37(44(39)49-41)29-17-19-36-35-14-10-11-16-42(35)50(43(36)24-29)34-23-30(40-15-12-13-21-48-40)22-32(25-34)46(4,5)6/h10-28,49H,1-9H3. The molecule has 0 spiro atoms. The van der Waals surface area contributed by atoms with Crippen molar-refractivity contribution in [3.8, 4) is 28.1 Å². The van der Waals surface area contributed by atoms with Gasteiger partial charge in [0.25, 0.3) is 0 Å². The third-order valence-electron chi connectivity index (χ3n) is 10.4. The number of benzene rings is 5. The molecule has 5 aromatic carbocycles. The molecule has 0 fully saturated rings. The highest BCUT2D eigenvalue weighted by Crippen LogP contribution is 2.42. The first-order valence-corrected chi connectivity index (χ1v) is 17.9. The van der Waals surface area contributed by atoms with Crippen LogP contribution >= 0.6 is 0 Å². The van der Waals surface area contributed by atoms with Crippen molar-refractivity contribution in [3.63, 3.8) is 0 Å². The van der Waals surface area contributed by atoms with Crippen LogP contribution in [-0.2, 0) is 16.2 Å². The maximum atomic E-state index is 4.75. The molecule has 8 aromatic rings. The minimum atomic E-state index is -0.0368. The van der Waals surface area contributed by atoms with E-state index in [1.54, 1.807) is 0 Å². The van der Waals surface area contributed by atoms with Crippen molar-refractivity contribution in [3.05, 3.63) is 132 Å². The lowest BCUT2D eigenvalue weighted by Crippen LogP contribution is -2.12. The molecule has 50 heavy (non-hydrogen) atoms. The van der Waals surface area contributed by atoms with E-state index in [9.17, 15) is 0 Å². The van der Waals surface area contributed by atoms with E-state index in [-0.39, 0.29) is 16.2 Å². The molecule has 0 amide bonds. The molecule has 0 unspecified atom stereocenters. The molecule has 0 radical (unpaired) electrons. The van der Waals surface area contributed by atoms with Gasteiger partial charge in [0.1, 0.15) is 0 Å². The monoisotopic (exact) mass is 653 g/mol. The van der Waals surface area contributed by atoms with Gasteiger partial charge in [0.2, 0.25) is 0 Å². The Bertz CT molecular complexity index is 2580. The third kappa shape index (κ3) is 5.40. The molecule has 250 valence electrons. The molecule has 0 atom stereocenters. The number of rotatable bonds is 3. The molecule has 0 aliphatic rings. The lowest BCUT2D eigenvalue weighted by atomic mass is 9.83. The van der Waals surface area contributed by atoms with Crippen molar-refractivity contribution in [2.24, 2.45) is 0 Å². The second kappa shape index (κ2) is 11.2. The number of aromatic nitrogens is 3. The van der Waals surface area contributed by atoms with Crippen molar-refractivity contribution < 1.29 is 0 Å². The van der Waals surface area contributed by atoms with Gasteiger partial charge >= 0.3 is 0 Å². The van der Waals surface area contributed by atoms with Crippen LogP contribution in [0.15, 0.2) is 115 Å². The quantitative estimate of drug-likeness (QED) is 0.202. The summed E-state index contributed by atoms with van der Waals surface area (Å²) in [7, 11) is 0. The highest BCUT2D eigenvalue weighted by atomic mass is 15.0. The molecule has 3 heteroatoms. The van der Waals surface area contributed by atoms with Crippen LogP contribution < -0.4 is 0 Å². The molecule has 0 bridgehead atoms. The molecule has 0 saturated carbocycles. The van der Waals surface area contributed by atoms with Crippen molar-refractivity contribution in [2.45, 2.75) is 78.6 Å². The molecule has 3 aromatic heterocycles. The normalized spacial score (nSPS) is 12.9. The SMILES string of the molecule is CC(C)(C)c1cc(-c2ccccn2)cc(-n2c3ccccc3c3ccc(-c4cc(C(C)(C)C)cc5c4[nH]c4ccc(C(C)(C)C)cc45)cc32)c1. The Kier molecular flexibility index (Phi) is 7.17. The van der Waals surface area contributed by atoms with Gasteiger partial charge in [-0.15, -0.1) is 0 Å². The minimum Gasteiger partial charge on any atom is -0.354 e. The van der Waals surface area contributed by atoms with Crippen LogP contribution in [0, 0.1) is 0 Å². The van der Waals surface area contributed by atoms with E-state index < -0.39 is 0 Å². The predicted octanol–water partition coefficient (Wildman–Crippen LogP) is 13.0. The van der Waals surface area contributed by atoms with Gasteiger partial charge < -0.3 is 9.55 Å². The Morgan fingerprint density at radius 2 is 1.18 bits per heavy atom. The highest BCUT2D eigenvalue weighted by Gasteiger charge is 2.23. The second-order valence-electron chi connectivity index (χ2n) is 17.1. The summed E-state index contributed by atoms with van der Waals surface area (Å²) >= 11 is 0. The number of pyridine rings is 1. The largest absolute Gasteiger partial charge is 0.354 e. The van der Waals surface area contributed by atoms with Gasteiger partial charge in [-0.05, 0) is 105 Å². The Morgan fingerprint density at radius 3 is 1.90 bits per heavy atom. The van der Waals surface area contributed by atoms with E-state index in [4.69, 9.17) is 4.98 Å². The maximum absolute atomic E-state index is 4.75. The van der Waals surface area contributed by atoms with Gasteiger partial charge in [0.15, 0.2) is 0 Å². The molecule has 8 rings (SSSR count). The van der Waals surface area contributed by atoms with Crippen molar-refractivity contribution >= 4 is 43.6 Å². The molecule has 0 aliphatic carbocycles. The summed E-state index contributed by atoms with van der Waals surface area (Å²) in [5.74, 6) is 0. The summed E-state index contributed by atoms with van der Waals surface area (Å²) in [5, 5.41) is 5.08. The molecule has 0 saturated heterocycles. The lowest BCUT2D eigenvalue weighted by molar-refractivity contribution is 0.590. The zero-order chi connectivity index (χ0) is 35.2. The Balaban J connectivity index is 1.43. The first-order valence-electron chi connectivity index (χ1n) is 17.9. The number of H-pyrrole nitrogens is 1. The van der Waals surface area contributed by atoms with E-state index in [0.29, 0.717) is 0 Å². The number of aromatic amines is 1. The van der Waals surface area contributed by atoms with E-state index in [1.165, 1.54) is 71.4 Å². The van der Waals surface area contributed by atoms with Crippen molar-refractivity contribution in [2.75, 3.05) is 0 Å². The zero-order valence-electron chi connectivity index (χ0n) is 30.9. The predicted molar refractivity (Wildman–Crippen MR) is 215 cm³/mol. The fourth-order valence-electron chi connectivity index (χ4n) is 7.40. The first kappa shape index (κ1) is 32.1. The van der Waals surface area contributed by atoms with Gasteiger partial charge in [-0.1, -0.05) is 105 Å². The average molecular weight is 654 g/mol. The molecule has 3 heterocycles. The molecule has 1 N–H and O–H groups in total. The third-order valence-corrected chi connectivity index (χ3v) is 10.4. The number of hydrogen-bond acceptors (Lipinski definition) is 1. The first-order chi connectivity index (χ1) is 23.7. The van der Waals surface area contributed by atoms with Crippen LogP contribution in [0.3, 0.4) is 0 Å². The molecular formula is C47H47N3. The summed E-state index contributed by atoms with van der Waals surface area (Å²) < 4.78 is 2.46. The molecular weight excluding hydrogens is 607 g/mol. The summed E-state index contributed by atoms with van der Waals surface area (Å²) in [6, 6.07) is 40.8. The van der Waals surface area contributed by atoms with Crippen LogP contribution in [0.1, 0.15) is 79.0 Å². The Labute approximate surface area is 296 Å². The highest BCUT2D eigenvalue weighted by molar-refractivity contribution is 6.14. The van der Waals surface area contributed by atoms with Gasteiger partial charge in [-0.2, -0.15) is 0 Å². The Morgan fingerprint density at radius 1 is 0.500 bits per heavy atom. The van der Waals surface area contributed by atoms with E-state index in [1.807, 2.05) is 12.3 Å². The van der Waals surface area contributed by atoms with Crippen LogP contribution in [-0.4, -0.2) is 14.5 Å². The van der Waals surface area contributed by atoms with Crippen LogP contribution in [0.4, 0.5) is 0 Å². The van der Waals surface area contributed by atoms with E-state index in [2.05, 4.69) is 175 Å². The fraction of sp³-hybridized carbons (Fsp3) is 0.255. The summed E-state index contributed by atoms with van der Waals surface area (Å²) in [6.45, 7) is 20.7. The van der Waals surface area contributed by atoms with Crippen molar-refractivity contribution in [1.82, 2.24) is 14.5 Å². The minimum absolute atomic E-state index is 0.0115. The maximum Gasteiger partial charge on any atom is 0.0702 e. The summed E-state index contributed by atoms with van der Waals surface area (Å²) in [6.07, 6.45) is 1.88. The van der Waals surface area contributed by atoms with E-state index >= 15 is 0 Å². The van der Waals surface area contributed by atoms with Crippen LogP contribution in [0.5, 0.6) is 0 Å². The summed E-state index contributed by atoms with van der Waals surface area (Å²) in [5.41, 5.74) is 14.4. The number of nitrogens with one attached hydrogen (secondary N) is 1. The molecule has 3 nitrogen and oxygen atoms in total. The zero-order valence-corrected chi connectivity index (χ0v) is 30.9. The average Bonchev–Trinajstić information content (AvgIpc) is 3.62. The van der Waals surface area contributed by atoms with Crippen LogP contribution in [0.25, 0.3) is 71.7 Å². The Hall–Kier alpha value is -5.15. The summed E-state index contributed by atoms with van der Waals surface area (Å²) in [4.78, 5) is 8.61. The smallest absolute Gasteiger partial charge is 0.0702 e. The number of hydrogen-bond donors (Lipinski definition) is 1. The topological polar surface area (TPSA) is 33.6 Å². The van der Waals surface area contributed by atoms with Gasteiger partial charge in [-0.3, -0.25) is 4.98 Å². The second-order valence-corrected chi connectivity index (χ2v) is 17.1. The number of para-hydroxylation sites is 1. The van der Waals surface area contributed by atoms with Gasteiger partial charge in [0.05, 0.1) is 22.2 Å². The fourth-order valence-corrected chi connectivity index (χ4v) is 7.40. The number of nitrogens with zero attached hydrogens (tertiary/aromatic N) is 2. The van der Waals surface area contributed by atoms with Gasteiger partial charge in [0, 0.05) is 50.1 Å².